The molecule has 0 spiro atoms. The zero-order chi connectivity index (χ0) is 11.8. The van der Waals surface area contributed by atoms with Crippen molar-refractivity contribution in [3.05, 3.63) is 28.6 Å². The summed E-state index contributed by atoms with van der Waals surface area (Å²) in [6.07, 6.45) is -2.70. The first-order chi connectivity index (χ1) is 7.54. The Kier molecular flexibility index (Phi) is 2.53. The van der Waals surface area contributed by atoms with Crippen molar-refractivity contribution in [1.29, 1.82) is 0 Å². The monoisotopic (exact) mass is 228 g/mol. The van der Waals surface area contributed by atoms with Gasteiger partial charge in [-0.3, -0.25) is 0 Å². The molecule has 0 amide bonds. The van der Waals surface area contributed by atoms with Crippen LogP contribution in [0.4, 0.5) is 18.9 Å². The van der Waals surface area contributed by atoms with Gasteiger partial charge >= 0.3 is 6.18 Å². The van der Waals surface area contributed by atoms with E-state index in [0.29, 0.717) is 10.9 Å². The molecule has 1 aromatic rings. The van der Waals surface area contributed by atoms with Crippen LogP contribution in [0, 0.1) is 0 Å². The number of halogens is 3. The lowest BCUT2D eigenvalue weighted by Gasteiger charge is -2.17. The molecule has 2 rings (SSSR count). The van der Waals surface area contributed by atoms with Crippen molar-refractivity contribution in [2.24, 2.45) is 0 Å². The highest BCUT2D eigenvalue weighted by Gasteiger charge is 2.35. The van der Waals surface area contributed by atoms with Crippen LogP contribution in [0.1, 0.15) is 0 Å². The van der Waals surface area contributed by atoms with Crippen molar-refractivity contribution >= 4 is 17.5 Å². The molecule has 1 aromatic carbocycles. The van der Waals surface area contributed by atoms with E-state index in [1.165, 1.54) is 0 Å². The number of fused-ring (bicyclic) bond motifs is 1. The second-order valence-electron chi connectivity index (χ2n) is 3.52. The Hall–Kier alpha value is -1.65. The normalized spacial score (nSPS) is 14.9. The van der Waals surface area contributed by atoms with Crippen molar-refractivity contribution in [1.82, 2.24) is 5.32 Å². The van der Waals surface area contributed by atoms with Crippen molar-refractivity contribution in [3.63, 3.8) is 0 Å². The minimum atomic E-state index is -4.30. The number of hydrogen-bond acceptors (Lipinski definition) is 2. The number of alkyl halides is 3. The predicted molar refractivity (Wildman–Crippen MR) is 57.2 cm³/mol. The molecular weight excluding hydrogens is 217 g/mol. The van der Waals surface area contributed by atoms with Gasteiger partial charge in [0.25, 0.3) is 0 Å². The molecule has 0 saturated carbocycles. The Morgan fingerprint density at radius 1 is 1.31 bits per heavy atom. The van der Waals surface area contributed by atoms with Gasteiger partial charge in [-0.2, -0.15) is 13.2 Å². The minimum absolute atomic E-state index is 0.185. The molecule has 0 unspecified atom stereocenters. The summed E-state index contributed by atoms with van der Waals surface area (Å²) in [5, 5.41) is 6.23. The average Bonchev–Trinajstić information content (AvgIpc) is 2.26. The summed E-state index contributed by atoms with van der Waals surface area (Å²) in [6, 6.07) is 5.03. The standard InChI is InChI=1S/C11H11F3N2/c1-15-9-4-2-3-7-5-16-6-8(10(7)9)11(12,13)14/h2-5,15-16H,6H2,1H3. The van der Waals surface area contributed by atoms with Gasteiger partial charge in [0.1, 0.15) is 0 Å². The molecule has 0 aromatic heterocycles. The fourth-order valence-electron chi connectivity index (χ4n) is 1.83. The summed E-state index contributed by atoms with van der Waals surface area (Å²) in [6.45, 7) is -0.185. The molecule has 0 fully saturated rings. The summed E-state index contributed by atoms with van der Waals surface area (Å²) in [5.74, 6) is 0. The Morgan fingerprint density at radius 3 is 2.69 bits per heavy atom. The summed E-state index contributed by atoms with van der Waals surface area (Å²) in [4.78, 5) is 0. The van der Waals surface area contributed by atoms with Gasteiger partial charge in [0.2, 0.25) is 0 Å². The van der Waals surface area contributed by atoms with E-state index in [2.05, 4.69) is 10.6 Å². The van der Waals surface area contributed by atoms with E-state index in [0.717, 1.165) is 0 Å². The van der Waals surface area contributed by atoms with Crippen molar-refractivity contribution in [2.45, 2.75) is 6.18 Å². The Bertz CT molecular complexity index is 517. The maximum atomic E-state index is 12.8. The van der Waals surface area contributed by atoms with Crippen LogP contribution < -0.4 is 21.1 Å². The highest BCUT2D eigenvalue weighted by Crippen LogP contribution is 2.25. The molecule has 1 aliphatic rings. The van der Waals surface area contributed by atoms with Crippen LogP contribution in [0.25, 0.3) is 11.8 Å². The molecule has 86 valence electrons. The average molecular weight is 228 g/mol. The summed E-state index contributed by atoms with van der Waals surface area (Å²) >= 11 is 0. The lowest BCUT2D eigenvalue weighted by Crippen LogP contribution is -2.42. The maximum absolute atomic E-state index is 12.8. The summed E-state index contributed by atoms with van der Waals surface area (Å²) in [5.41, 5.74) is -0.0301. The molecule has 0 saturated heterocycles. The van der Waals surface area contributed by atoms with Gasteiger partial charge in [-0.25, -0.2) is 0 Å². The predicted octanol–water partition coefficient (Wildman–Crippen LogP) is 0.782. The Balaban J connectivity index is 2.86. The van der Waals surface area contributed by atoms with Crippen LogP contribution in [0.15, 0.2) is 18.2 Å². The molecule has 16 heavy (non-hydrogen) atoms. The molecule has 0 radical (unpaired) electrons. The van der Waals surface area contributed by atoms with E-state index in [4.69, 9.17) is 0 Å². The van der Waals surface area contributed by atoms with Gasteiger partial charge in [0.15, 0.2) is 0 Å². The van der Waals surface area contributed by atoms with E-state index >= 15 is 0 Å². The Labute approximate surface area is 90.5 Å². The molecule has 2 N–H and O–H groups in total. The quantitative estimate of drug-likeness (QED) is 0.742. The second-order valence-corrected chi connectivity index (χ2v) is 3.52. The molecule has 1 heterocycles. The lowest BCUT2D eigenvalue weighted by molar-refractivity contribution is -0.0719. The molecule has 1 aliphatic heterocycles. The van der Waals surface area contributed by atoms with Gasteiger partial charge in [0.05, 0.1) is 5.57 Å². The summed E-state index contributed by atoms with van der Waals surface area (Å²) in [7, 11) is 1.62. The van der Waals surface area contributed by atoms with E-state index in [1.54, 1.807) is 31.4 Å². The van der Waals surface area contributed by atoms with E-state index in [1.807, 2.05) is 0 Å². The van der Waals surface area contributed by atoms with Gasteiger partial charge in [-0.15, -0.1) is 0 Å². The van der Waals surface area contributed by atoms with Crippen molar-refractivity contribution in [2.75, 3.05) is 18.9 Å². The Morgan fingerprint density at radius 2 is 2.06 bits per heavy atom. The van der Waals surface area contributed by atoms with Crippen molar-refractivity contribution < 1.29 is 13.2 Å². The molecule has 0 atom stereocenters. The van der Waals surface area contributed by atoms with Gasteiger partial charge < -0.3 is 10.6 Å². The van der Waals surface area contributed by atoms with Crippen molar-refractivity contribution in [3.8, 4) is 0 Å². The second kappa shape index (κ2) is 3.73. The fraction of sp³-hybridized carbons (Fsp3) is 0.273. The number of benzene rings is 1. The fourth-order valence-corrected chi connectivity index (χ4v) is 1.83. The van der Waals surface area contributed by atoms with Crippen LogP contribution in [0.5, 0.6) is 0 Å². The summed E-state index contributed by atoms with van der Waals surface area (Å²) < 4.78 is 38.5. The van der Waals surface area contributed by atoms with E-state index in [-0.39, 0.29) is 11.8 Å². The van der Waals surface area contributed by atoms with Gasteiger partial charge in [0, 0.05) is 30.7 Å². The SMILES string of the molecule is CNc1cccc2c1=C(C(F)(F)F)CNC=2. The molecule has 0 bridgehead atoms. The smallest absolute Gasteiger partial charge is 0.388 e. The van der Waals surface area contributed by atoms with E-state index in [9.17, 15) is 13.2 Å². The molecule has 0 aliphatic carbocycles. The third kappa shape index (κ3) is 1.73. The molecule has 5 heteroatoms. The number of rotatable bonds is 1. The largest absolute Gasteiger partial charge is 0.415 e. The highest BCUT2D eigenvalue weighted by atomic mass is 19.4. The third-order valence-electron chi connectivity index (χ3n) is 2.55. The third-order valence-corrected chi connectivity index (χ3v) is 2.55. The molecular formula is C11H11F3N2. The molecule has 2 nitrogen and oxygen atoms in total. The minimum Gasteiger partial charge on any atom is -0.388 e. The van der Waals surface area contributed by atoms with Crippen LogP contribution in [0.3, 0.4) is 0 Å². The number of anilines is 1. The van der Waals surface area contributed by atoms with Gasteiger partial charge in [-0.05, 0) is 11.3 Å². The van der Waals surface area contributed by atoms with Crippen LogP contribution in [-0.4, -0.2) is 19.8 Å². The van der Waals surface area contributed by atoms with Crippen LogP contribution >= 0.6 is 0 Å². The topological polar surface area (TPSA) is 24.1 Å². The highest BCUT2D eigenvalue weighted by molar-refractivity contribution is 5.64. The number of hydrogen-bond donors (Lipinski definition) is 2. The van der Waals surface area contributed by atoms with Crippen LogP contribution in [-0.2, 0) is 0 Å². The first kappa shape index (κ1) is 10.9. The maximum Gasteiger partial charge on any atom is 0.415 e. The van der Waals surface area contributed by atoms with Crippen LogP contribution in [0.2, 0.25) is 0 Å². The van der Waals surface area contributed by atoms with E-state index < -0.39 is 11.7 Å². The lowest BCUT2D eigenvalue weighted by atomic mass is 10.1. The first-order valence-electron chi connectivity index (χ1n) is 4.85. The van der Waals surface area contributed by atoms with Gasteiger partial charge in [-0.1, -0.05) is 12.1 Å². The zero-order valence-electron chi connectivity index (χ0n) is 8.65. The first-order valence-corrected chi connectivity index (χ1v) is 4.85. The zero-order valence-corrected chi connectivity index (χ0v) is 8.65. The number of nitrogens with one attached hydrogen (secondary N) is 2.